The normalized spacial score (nSPS) is 18.6. The van der Waals surface area contributed by atoms with E-state index in [2.05, 4.69) is 0 Å². The molecule has 2 aromatic carbocycles. The average molecular weight is 527 g/mol. The van der Waals surface area contributed by atoms with Gasteiger partial charge < -0.3 is 20.9 Å². The molecule has 0 aliphatic heterocycles. The van der Waals surface area contributed by atoms with Gasteiger partial charge in [-0.3, -0.25) is 0 Å². The Balaban J connectivity index is 1.43. The number of carbonyl (C=O) groups is 1. The smallest absolute Gasteiger partial charge is 0.400 e. The maximum Gasteiger partial charge on any atom is 0.400 e. The molecule has 0 amide bonds. The Labute approximate surface area is 212 Å². The van der Waals surface area contributed by atoms with Crippen molar-refractivity contribution in [3.8, 4) is 5.75 Å². The Morgan fingerprint density at radius 2 is 1.65 bits per heavy atom. The van der Waals surface area contributed by atoms with Crippen LogP contribution in [0.3, 0.4) is 0 Å². The molecular formula is C27H31F5N2O3. The first-order chi connectivity index (χ1) is 17.4. The number of halogens is 5. The fourth-order valence-electron chi connectivity index (χ4n) is 4.36. The van der Waals surface area contributed by atoms with Crippen molar-refractivity contribution in [3.05, 3.63) is 59.7 Å². The molecule has 0 bridgehead atoms. The highest BCUT2D eigenvalue weighted by molar-refractivity contribution is 5.87. The molecule has 0 spiro atoms. The van der Waals surface area contributed by atoms with Crippen molar-refractivity contribution in [3.63, 3.8) is 0 Å². The summed E-state index contributed by atoms with van der Waals surface area (Å²) in [7, 11) is 0. The summed E-state index contributed by atoms with van der Waals surface area (Å²) in [5, 5.41) is 0. The number of ether oxygens (including phenoxy) is 2. The Kier molecular flexibility index (Phi) is 9.39. The number of nitrogen functional groups attached to an aromatic ring is 2. The van der Waals surface area contributed by atoms with E-state index in [0.717, 1.165) is 5.56 Å². The second kappa shape index (κ2) is 12.3. The lowest BCUT2D eigenvalue weighted by Crippen LogP contribution is -2.37. The van der Waals surface area contributed by atoms with E-state index in [9.17, 15) is 26.7 Å². The van der Waals surface area contributed by atoms with E-state index in [1.165, 1.54) is 36.4 Å². The summed E-state index contributed by atoms with van der Waals surface area (Å²) in [6, 6.07) is 10.9. The predicted molar refractivity (Wildman–Crippen MR) is 132 cm³/mol. The number of rotatable bonds is 10. The summed E-state index contributed by atoms with van der Waals surface area (Å²) in [5.74, 6) is -1.84. The lowest BCUT2D eigenvalue weighted by atomic mass is 9.79. The van der Waals surface area contributed by atoms with Crippen LogP contribution in [-0.4, -0.2) is 24.9 Å². The molecule has 0 aromatic heterocycles. The van der Waals surface area contributed by atoms with Crippen molar-refractivity contribution >= 4 is 23.4 Å². The van der Waals surface area contributed by atoms with Gasteiger partial charge in [0.25, 0.3) is 0 Å². The Hall–Kier alpha value is -3.30. The fraction of sp³-hybridized carbons (Fsp3) is 0.444. The first kappa shape index (κ1) is 28.3. The molecule has 1 aliphatic carbocycles. The van der Waals surface area contributed by atoms with Crippen LogP contribution >= 0.6 is 0 Å². The molecule has 5 nitrogen and oxygen atoms in total. The summed E-state index contributed by atoms with van der Waals surface area (Å²) in [4.78, 5) is 11.9. The van der Waals surface area contributed by atoms with Crippen LogP contribution in [0.4, 0.5) is 33.3 Å². The molecule has 1 fully saturated rings. The van der Waals surface area contributed by atoms with Crippen LogP contribution in [0.25, 0.3) is 6.08 Å². The number of hydrogen-bond donors (Lipinski definition) is 2. The van der Waals surface area contributed by atoms with Gasteiger partial charge in [-0.2, -0.15) is 22.0 Å². The number of hydrogen-bond acceptors (Lipinski definition) is 5. The van der Waals surface area contributed by atoms with E-state index >= 15 is 0 Å². The molecule has 0 radical (unpaired) electrons. The predicted octanol–water partition coefficient (Wildman–Crippen LogP) is 6.77. The maximum absolute atomic E-state index is 14.6. The number of alkyl halides is 5. The van der Waals surface area contributed by atoms with Gasteiger partial charge in [0.15, 0.2) is 0 Å². The first-order valence-electron chi connectivity index (χ1n) is 12.1. The topological polar surface area (TPSA) is 87.6 Å². The Bertz CT molecular complexity index is 1060. The largest absolute Gasteiger partial charge is 0.462 e. The number of anilines is 2. The molecule has 0 unspecified atom stereocenters. The average Bonchev–Trinajstić information content (AvgIpc) is 2.83. The highest BCUT2D eigenvalue weighted by atomic mass is 19.4. The molecule has 2 aromatic rings. The minimum Gasteiger partial charge on any atom is -0.462 e. The number of carbonyl (C=O) groups excluding carboxylic acids is 1. The molecule has 4 N–H and O–H groups in total. The monoisotopic (exact) mass is 526 g/mol. The van der Waals surface area contributed by atoms with E-state index in [-0.39, 0.29) is 37.5 Å². The fourth-order valence-corrected chi connectivity index (χ4v) is 4.36. The standard InChI is InChI=1S/C27H31F5N2O3/c28-26(29,30)15-13-19-1-7-21(8-2-19)27(31,32)37-23-10-3-18(4-11-23)5-12-25(35)36-16-14-20-6-9-22(33)17-24(20)34/h3-6,9-12,17,19,21H,1-2,7-8,13-16,33-34H2/b12-5+. The van der Waals surface area contributed by atoms with E-state index in [1.807, 2.05) is 0 Å². The van der Waals surface area contributed by atoms with Crippen LogP contribution in [0.5, 0.6) is 5.75 Å². The second-order valence-electron chi connectivity index (χ2n) is 9.31. The van der Waals surface area contributed by atoms with Gasteiger partial charge in [-0.1, -0.05) is 18.2 Å². The van der Waals surface area contributed by atoms with Gasteiger partial charge in [0, 0.05) is 30.3 Å². The highest BCUT2D eigenvalue weighted by Crippen LogP contribution is 2.42. The minimum atomic E-state index is -4.22. The van der Waals surface area contributed by atoms with Crippen LogP contribution in [0.15, 0.2) is 48.5 Å². The van der Waals surface area contributed by atoms with Gasteiger partial charge in [0.1, 0.15) is 5.75 Å². The van der Waals surface area contributed by atoms with Gasteiger partial charge >= 0.3 is 18.3 Å². The number of benzene rings is 2. The molecule has 1 aliphatic rings. The van der Waals surface area contributed by atoms with Crippen LogP contribution in [0.1, 0.15) is 49.7 Å². The third-order valence-electron chi connectivity index (χ3n) is 6.49. The van der Waals surface area contributed by atoms with Gasteiger partial charge in [-0.15, -0.1) is 0 Å². The lowest BCUT2D eigenvalue weighted by molar-refractivity contribution is -0.224. The van der Waals surface area contributed by atoms with Gasteiger partial charge in [0.05, 0.1) is 12.5 Å². The van der Waals surface area contributed by atoms with Crippen molar-refractivity contribution < 1.29 is 36.2 Å². The van der Waals surface area contributed by atoms with Crippen LogP contribution in [-0.2, 0) is 16.0 Å². The quantitative estimate of drug-likeness (QED) is 0.154. The third-order valence-corrected chi connectivity index (χ3v) is 6.49. The van der Waals surface area contributed by atoms with Crippen molar-refractivity contribution in [2.24, 2.45) is 11.8 Å². The Morgan fingerprint density at radius 1 is 0.973 bits per heavy atom. The summed E-state index contributed by atoms with van der Waals surface area (Å²) >= 11 is 0. The van der Waals surface area contributed by atoms with Crippen molar-refractivity contribution in [1.29, 1.82) is 0 Å². The third kappa shape index (κ3) is 9.26. The SMILES string of the molecule is Nc1ccc(CCOC(=O)/C=C/c2ccc(OC(F)(F)C3CCC(CCC(F)(F)F)CC3)cc2)c(N)c1. The van der Waals surface area contributed by atoms with Crippen molar-refractivity contribution in [2.45, 2.75) is 57.2 Å². The zero-order chi connectivity index (χ0) is 27.1. The van der Waals surface area contributed by atoms with Crippen LogP contribution in [0.2, 0.25) is 0 Å². The molecule has 0 heterocycles. The summed E-state index contributed by atoms with van der Waals surface area (Å²) < 4.78 is 76.6. The van der Waals surface area contributed by atoms with Crippen LogP contribution in [0, 0.1) is 11.8 Å². The molecule has 1 saturated carbocycles. The summed E-state index contributed by atoms with van der Waals surface area (Å²) in [6.45, 7) is 0.128. The van der Waals surface area contributed by atoms with E-state index in [1.54, 1.807) is 18.2 Å². The first-order valence-corrected chi connectivity index (χ1v) is 12.1. The molecule has 0 atom stereocenters. The van der Waals surface area contributed by atoms with Crippen LogP contribution < -0.4 is 16.2 Å². The summed E-state index contributed by atoms with van der Waals surface area (Å²) in [6.07, 6.45) is -4.52. The van der Waals surface area contributed by atoms with Gasteiger partial charge in [0.2, 0.25) is 0 Å². The van der Waals surface area contributed by atoms with Gasteiger partial charge in [-0.25, -0.2) is 4.79 Å². The lowest BCUT2D eigenvalue weighted by Gasteiger charge is -2.33. The number of esters is 1. The zero-order valence-corrected chi connectivity index (χ0v) is 20.3. The summed E-state index contributed by atoms with van der Waals surface area (Å²) in [5.41, 5.74) is 14.0. The second-order valence-corrected chi connectivity index (χ2v) is 9.31. The van der Waals surface area contributed by atoms with E-state index in [0.29, 0.717) is 36.2 Å². The zero-order valence-electron chi connectivity index (χ0n) is 20.3. The van der Waals surface area contributed by atoms with E-state index < -0.39 is 30.6 Å². The maximum atomic E-state index is 14.6. The molecule has 37 heavy (non-hydrogen) atoms. The Morgan fingerprint density at radius 3 is 2.27 bits per heavy atom. The molecular weight excluding hydrogens is 495 g/mol. The highest BCUT2D eigenvalue weighted by Gasteiger charge is 2.44. The molecule has 0 saturated heterocycles. The molecule has 202 valence electrons. The van der Waals surface area contributed by atoms with Crippen molar-refractivity contribution in [2.75, 3.05) is 18.1 Å². The van der Waals surface area contributed by atoms with Gasteiger partial charge in [-0.05, 0) is 79.5 Å². The minimum absolute atomic E-state index is 0.0254. The number of nitrogens with two attached hydrogens (primary N) is 2. The van der Waals surface area contributed by atoms with E-state index in [4.69, 9.17) is 20.9 Å². The molecule has 10 heteroatoms. The molecule has 3 rings (SSSR count). The van der Waals surface area contributed by atoms with Crippen molar-refractivity contribution in [1.82, 2.24) is 0 Å².